The second-order valence-corrected chi connectivity index (χ2v) is 15.4. The van der Waals surface area contributed by atoms with Crippen molar-refractivity contribution in [2.75, 3.05) is 40.5 Å². The van der Waals surface area contributed by atoms with Gasteiger partial charge in [-0.05, 0) is 50.7 Å². The van der Waals surface area contributed by atoms with Crippen molar-refractivity contribution in [3.05, 3.63) is 71.6 Å². The molecule has 304 valence electrons. The van der Waals surface area contributed by atoms with Gasteiger partial charge in [0.2, 0.25) is 11.8 Å². The second-order valence-electron chi connectivity index (χ2n) is 15.4. The van der Waals surface area contributed by atoms with Crippen LogP contribution in [0.5, 0.6) is 11.5 Å². The first-order valence-corrected chi connectivity index (χ1v) is 19.7. The van der Waals surface area contributed by atoms with Gasteiger partial charge in [0.25, 0.3) is 0 Å². The molecule has 0 unspecified atom stereocenters. The predicted molar refractivity (Wildman–Crippen MR) is 212 cm³/mol. The molecule has 0 bridgehead atoms. The standard InChI is InChI=1S/C42H48N8O8/c1-22(2)36(48-42(54)56-5)40(52)50-15-7-9-33(50)38-44-19-31(47-38)25-11-13-27-29-20-57-34-16-24(10-12-26(34)28(29)21-58-35(27)17-25)30-18-43-37(46-30)32-8-6-14-49(32)39(51)23(3)45-41(53)55-4/h10-13,16-19,22-23,32-33,36H,6-9,14-15,20-21H2,1-5H3,(H,43,46)(H,44,47)(H,45,53)(H,48,54)/t23-,32-,33-,36-/m0/s1. The van der Waals surface area contributed by atoms with Gasteiger partial charge in [-0.25, -0.2) is 19.6 Å². The van der Waals surface area contributed by atoms with E-state index in [4.69, 9.17) is 19.2 Å². The number of hydrogen-bond donors (Lipinski definition) is 4. The van der Waals surface area contributed by atoms with Gasteiger partial charge in [-0.15, -0.1) is 0 Å². The average Bonchev–Trinajstić information content (AvgIpc) is 4.08. The topological polar surface area (TPSA) is 193 Å². The van der Waals surface area contributed by atoms with Crippen molar-refractivity contribution in [2.24, 2.45) is 5.92 Å². The molecule has 2 aromatic carbocycles. The third-order valence-electron chi connectivity index (χ3n) is 11.5. The number of nitrogens with one attached hydrogen (secondary N) is 4. The zero-order valence-corrected chi connectivity index (χ0v) is 33.2. The van der Waals surface area contributed by atoms with Crippen molar-refractivity contribution in [2.45, 2.75) is 70.6 Å². The summed E-state index contributed by atoms with van der Waals surface area (Å²) in [5.41, 5.74) is 7.51. The van der Waals surface area contributed by atoms with Gasteiger partial charge in [-0.3, -0.25) is 9.59 Å². The molecule has 6 heterocycles. The Bertz CT molecular complexity index is 2280. The van der Waals surface area contributed by atoms with Gasteiger partial charge in [0.05, 0.1) is 50.1 Å². The zero-order valence-electron chi connectivity index (χ0n) is 33.2. The molecule has 16 nitrogen and oxygen atoms in total. The highest BCUT2D eigenvalue weighted by atomic mass is 16.5. The lowest BCUT2D eigenvalue weighted by atomic mass is 9.89. The lowest BCUT2D eigenvalue weighted by Gasteiger charge is -2.30. The molecule has 8 rings (SSSR count). The van der Waals surface area contributed by atoms with E-state index < -0.39 is 24.3 Å². The van der Waals surface area contributed by atoms with Gasteiger partial charge < -0.3 is 49.3 Å². The smallest absolute Gasteiger partial charge is 0.407 e. The Hall–Kier alpha value is -6.32. The lowest BCUT2D eigenvalue weighted by Crippen LogP contribution is -2.51. The lowest BCUT2D eigenvalue weighted by molar-refractivity contribution is -0.135. The number of ether oxygens (including phenoxy) is 4. The van der Waals surface area contributed by atoms with Crippen LogP contribution in [-0.2, 0) is 19.1 Å². The van der Waals surface area contributed by atoms with E-state index in [1.807, 2.05) is 44.2 Å². The number of rotatable bonds is 9. The highest BCUT2D eigenvalue weighted by Gasteiger charge is 2.38. The Balaban J connectivity index is 0.970. The number of imidazole rings is 2. The number of hydrogen-bond acceptors (Lipinski definition) is 10. The molecule has 0 spiro atoms. The van der Waals surface area contributed by atoms with Crippen molar-refractivity contribution >= 4 is 35.1 Å². The van der Waals surface area contributed by atoms with Gasteiger partial charge in [-0.2, -0.15) is 0 Å². The molecule has 4 amide bonds. The molecule has 2 fully saturated rings. The molecular formula is C42H48N8O8. The molecule has 4 N–H and O–H groups in total. The summed E-state index contributed by atoms with van der Waals surface area (Å²) in [5.74, 6) is 2.44. The number of carbonyl (C=O) groups is 4. The Morgan fingerprint density at radius 2 is 1.21 bits per heavy atom. The van der Waals surface area contributed by atoms with E-state index in [9.17, 15) is 19.2 Å². The summed E-state index contributed by atoms with van der Waals surface area (Å²) < 4.78 is 22.2. The van der Waals surface area contributed by atoms with Crippen LogP contribution in [0.4, 0.5) is 9.59 Å². The van der Waals surface area contributed by atoms with Gasteiger partial charge in [0.1, 0.15) is 48.4 Å². The van der Waals surface area contributed by atoms with E-state index in [-0.39, 0.29) is 29.8 Å². The van der Waals surface area contributed by atoms with E-state index in [0.717, 1.165) is 82.0 Å². The molecule has 2 aromatic heterocycles. The molecule has 4 aliphatic rings. The van der Waals surface area contributed by atoms with Crippen LogP contribution in [0.2, 0.25) is 0 Å². The van der Waals surface area contributed by atoms with E-state index in [1.165, 1.54) is 14.2 Å². The van der Waals surface area contributed by atoms with Crippen molar-refractivity contribution in [3.8, 4) is 34.0 Å². The minimum Gasteiger partial charge on any atom is -0.488 e. The van der Waals surface area contributed by atoms with Crippen LogP contribution < -0.4 is 20.1 Å². The van der Waals surface area contributed by atoms with Crippen LogP contribution in [0.15, 0.2) is 48.8 Å². The number of aromatic nitrogens is 4. The normalized spacial score (nSPS) is 19.3. The molecule has 4 aromatic rings. The van der Waals surface area contributed by atoms with Crippen molar-refractivity contribution in [1.82, 2.24) is 40.4 Å². The Labute approximate surface area is 335 Å². The van der Waals surface area contributed by atoms with E-state index >= 15 is 0 Å². The fraction of sp³-hybridized carbons (Fsp3) is 0.429. The number of amides is 4. The number of aromatic amines is 2. The summed E-state index contributed by atoms with van der Waals surface area (Å²) in [5, 5.41) is 5.26. The maximum atomic E-state index is 13.6. The van der Waals surface area contributed by atoms with Crippen LogP contribution in [0, 0.1) is 5.92 Å². The van der Waals surface area contributed by atoms with Crippen LogP contribution in [0.1, 0.15) is 81.3 Å². The molecule has 0 aliphatic carbocycles. The fourth-order valence-electron chi connectivity index (χ4n) is 8.43. The van der Waals surface area contributed by atoms with Crippen molar-refractivity contribution < 1.29 is 38.1 Å². The largest absolute Gasteiger partial charge is 0.488 e. The van der Waals surface area contributed by atoms with Crippen LogP contribution in [0.25, 0.3) is 33.7 Å². The maximum Gasteiger partial charge on any atom is 0.407 e. The zero-order chi connectivity index (χ0) is 40.7. The number of likely N-dealkylation sites (tertiary alicyclic amines) is 2. The monoisotopic (exact) mass is 792 g/mol. The number of benzene rings is 2. The summed E-state index contributed by atoms with van der Waals surface area (Å²) in [4.78, 5) is 70.3. The fourth-order valence-corrected chi connectivity index (χ4v) is 8.43. The van der Waals surface area contributed by atoms with E-state index in [1.54, 1.807) is 29.1 Å². The van der Waals surface area contributed by atoms with E-state index in [0.29, 0.717) is 38.0 Å². The molecule has 58 heavy (non-hydrogen) atoms. The number of fused-ring (bicyclic) bond motifs is 4. The molecule has 2 saturated heterocycles. The van der Waals surface area contributed by atoms with Crippen LogP contribution >= 0.6 is 0 Å². The van der Waals surface area contributed by atoms with Gasteiger partial charge in [0.15, 0.2) is 0 Å². The quantitative estimate of drug-likeness (QED) is 0.166. The molecule has 0 saturated carbocycles. The summed E-state index contributed by atoms with van der Waals surface area (Å²) in [6.45, 7) is 7.36. The average molecular weight is 793 g/mol. The Kier molecular flexibility index (Phi) is 10.6. The van der Waals surface area contributed by atoms with Crippen molar-refractivity contribution in [1.29, 1.82) is 0 Å². The first-order chi connectivity index (χ1) is 28.0. The summed E-state index contributed by atoms with van der Waals surface area (Å²) >= 11 is 0. The Morgan fingerprint density at radius 1 is 0.724 bits per heavy atom. The van der Waals surface area contributed by atoms with Crippen LogP contribution in [-0.4, -0.2) is 106 Å². The SMILES string of the molecule is COC(=O)N[C@@H](C)C(=O)N1CCC[C@H]1c1ncc(-c2ccc3c(c2)OCC2=C3COc3cc(-c4cnc([C@@H]5CCCN5C(=O)[C@@H](NC(=O)OC)C(C)C)[nH]4)ccc32)[nH]1. The highest BCUT2D eigenvalue weighted by Crippen LogP contribution is 2.45. The molecule has 0 radical (unpaired) electrons. The number of methoxy groups -OCH3 is 2. The van der Waals surface area contributed by atoms with Gasteiger partial charge >= 0.3 is 12.2 Å². The number of H-pyrrole nitrogens is 2. The van der Waals surface area contributed by atoms with E-state index in [2.05, 4.69) is 36.4 Å². The summed E-state index contributed by atoms with van der Waals surface area (Å²) in [6, 6.07) is 10.3. The minimum atomic E-state index is -0.724. The highest BCUT2D eigenvalue weighted by molar-refractivity contribution is 5.98. The number of alkyl carbamates (subject to hydrolysis) is 2. The Morgan fingerprint density at radius 3 is 1.69 bits per heavy atom. The van der Waals surface area contributed by atoms with Crippen molar-refractivity contribution in [3.63, 3.8) is 0 Å². The van der Waals surface area contributed by atoms with Crippen LogP contribution in [0.3, 0.4) is 0 Å². The maximum absolute atomic E-state index is 13.6. The first kappa shape index (κ1) is 38.5. The third kappa shape index (κ3) is 7.22. The molecule has 4 aliphatic heterocycles. The number of nitrogens with zero attached hydrogens (tertiary/aromatic N) is 4. The molecular weight excluding hydrogens is 745 g/mol. The minimum absolute atomic E-state index is 0.119. The van der Waals surface area contributed by atoms with Gasteiger partial charge in [-0.1, -0.05) is 38.1 Å². The van der Waals surface area contributed by atoms with Gasteiger partial charge in [0, 0.05) is 46.5 Å². The third-order valence-corrected chi connectivity index (χ3v) is 11.5. The number of carbonyl (C=O) groups excluding carboxylic acids is 4. The summed E-state index contributed by atoms with van der Waals surface area (Å²) in [7, 11) is 2.55. The molecule has 16 heteroatoms. The summed E-state index contributed by atoms with van der Waals surface area (Å²) in [6.07, 6.45) is 5.47. The first-order valence-electron chi connectivity index (χ1n) is 19.7. The molecule has 4 atom stereocenters. The second kappa shape index (κ2) is 15.9. The predicted octanol–water partition coefficient (Wildman–Crippen LogP) is 5.61.